The number of halogens is 1. The molecule has 3 aromatic carbocycles. The second-order valence-electron chi connectivity index (χ2n) is 6.58. The molecular weight excluding hydrogens is 436 g/mol. The molecule has 9 heteroatoms. The van der Waals surface area contributed by atoms with Crippen molar-refractivity contribution in [3.63, 3.8) is 0 Å². The third-order valence-corrected chi connectivity index (χ3v) is 4.29. The third-order valence-electron chi connectivity index (χ3n) is 4.07. The number of carbonyl (C=O) groups is 3. The second kappa shape index (κ2) is 10.8. The molecule has 0 saturated heterocycles. The number of carboxylic acids is 1. The molecule has 164 valence electrons. The molecule has 0 fully saturated rings. The zero-order valence-corrected chi connectivity index (χ0v) is 17.5. The second-order valence-corrected chi connectivity index (χ2v) is 7.02. The molecular formula is C23H19ClN2O6. The lowest BCUT2D eigenvalue weighted by molar-refractivity contribution is -0.139. The fourth-order valence-electron chi connectivity index (χ4n) is 2.68. The van der Waals surface area contributed by atoms with Crippen molar-refractivity contribution in [3.05, 3.63) is 88.9 Å². The molecule has 0 unspecified atom stereocenters. The molecule has 2 amide bonds. The van der Waals surface area contributed by atoms with Gasteiger partial charge in [0.05, 0.1) is 0 Å². The zero-order chi connectivity index (χ0) is 22.9. The number of carbonyl (C=O) groups excluding carboxylic acids is 2. The van der Waals surface area contributed by atoms with Crippen molar-refractivity contribution in [1.29, 1.82) is 0 Å². The fourth-order valence-corrected chi connectivity index (χ4v) is 2.92. The van der Waals surface area contributed by atoms with E-state index in [0.717, 1.165) is 5.56 Å². The molecule has 0 radical (unpaired) electrons. The zero-order valence-electron chi connectivity index (χ0n) is 16.7. The van der Waals surface area contributed by atoms with Gasteiger partial charge >= 0.3 is 12.1 Å². The van der Waals surface area contributed by atoms with Crippen molar-refractivity contribution in [2.45, 2.75) is 6.61 Å². The Bertz CT molecular complexity index is 1120. The van der Waals surface area contributed by atoms with Gasteiger partial charge in [0.2, 0.25) is 0 Å². The third kappa shape index (κ3) is 7.03. The summed E-state index contributed by atoms with van der Waals surface area (Å²) in [7, 11) is 0. The molecule has 0 heterocycles. The lowest BCUT2D eigenvalue weighted by Crippen LogP contribution is -2.16. The number of amides is 2. The van der Waals surface area contributed by atoms with Crippen LogP contribution >= 0.6 is 11.6 Å². The Hall–Kier alpha value is -4.04. The maximum absolute atomic E-state index is 12.6. The Balaban J connectivity index is 1.63. The minimum absolute atomic E-state index is 0.0981. The molecule has 0 spiro atoms. The van der Waals surface area contributed by atoms with Gasteiger partial charge in [0.15, 0.2) is 6.61 Å². The quantitative estimate of drug-likeness (QED) is 0.450. The summed E-state index contributed by atoms with van der Waals surface area (Å²) in [6.07, 6.45) is -0.689. The van der Waals surface area contributed by atoms with E-state index in [1.807, 2.05) is 30.3 Å². The SMILES string of the molecule is O=C(O)COc1cccc(NC(=O)c2cc(Cl)cc(NC(=O)OCc3ccccc3)c2)c1. The van der Waals surface area contributed by atoms with E-state index in [-0.39, 0.29) is 17.2 Å². The number of ether oxygens (including phenoxy) is 2. The lowest BCUT2D eigenvalue weighted by atomic mass is 10.1. The summed E-state index contributed by atoms with van der Waals surface area (Å²) in [4.78, 5) is 35.4. The molecule has 3 N–H and O–H groups in total. The number of carboxylic acid groups (broad SMARTS) is 1. The number of nitrogens with one attached hydrogen (secondary N) is 2. The molecule has 0 bridgehead atoms. The Morgan fingerprint density at radius 2 is 1.66 bits per heavy atom. The summed E-state index contributed by atoms with van der Waals surface area (Å²) in [5.74, 6) is -1.30. The van der Waals surface area contributed by atoms with Gasteiger partial charge in [-0.25, -0.2) is 9.59 Å². The van der Waals surface area contributed by atoms with Crippen LogP contribution in [0.5, 0.6) is 5.75 Å². The van der Waals surface area contributed by atoms with Crippen molar-refractivity contribution in [2.24, 2.45) is 0 Å². The van der Waals surface area contributed by atoms with Gasteiger partial charge in [-0.3, -0.25) is 10.1 Å². The molecule has 3 rings (SSSR count). The molecule has 0 aliphatic rings. The average molecular weight is 455 g/mol. The summed E-state index contributed by atoms with van der Waals surface area (Å²) in [6.45, 7) is -0.401. The van der Waals surface area contributed by atoms with Gasteiger partial charge in [0, 0.05) is 28.0 Å². The lowest BCUT2D eigenvalue weighted by Gasteiger charge is -2.11. The summed E-state index contributed by atoms with van der Waals surface area (Å²) in [5.41, 5.74) is 1.73. The molecule has 8 nitrogen and oxygen atoms in total. The highest BCUT2D eigenvalue weighted by molar-refractivity contribution is 6.31. The topological polar surface area (TPSA) is 114 Å². The summed E-state index contributed by atoms with van der Waals surface area (Å²) < 4.78 is 10.3. The molecule has 0 aliphatic carbocycles. The van der Waals surface area contributed by atoms with Crippen molar-refractivity contribution < 1.29 is 29.0 Å². The first-order valence-corrected chi connectivity index (χ1v) is 9.81. The number of hydrogen-bond donors (Lipinski definition) is 3. The number of benzene rings is 3. The average Bonchev–Trinajstić information content (AvgIpc) is 2.77. The van der Waals surface area contributed by atoms with Crippen LogP contribution < -0.4 is 15.4 Å². The van der Waals surface area contributed by atoms with Crippen LogP contribution in [0.25, 0.3) is 0 Å². The Morgan fingerprint density at radius 3 is 2.41 bits per heavy atom. The Kier molecular flexibility index (Phi) is 7.66. The van der Waals surface area contributed by atoms with E-state index in [1.165, 1.54) is 24.3 Å². The summed E-state index contributed by atoms with van der Waals surface area (Å²) >= 11 is 6.10. The smallest absolute Gasteiger partial charge is 0.411 e. The maximum Gasteiger partial charge on any atom is 0.411 e. The molecule has 0 atom stereocenters. The van der Waals surface area contributed by atoms with Crippen molar-refractivity contribution in [2.75, 3.05) is 17.2 Å². The monoisotopic (exact) mass is 454 g/mol. The molecule has 0 aliphatic heterocycles. The standard InChI is InChI=1S/C23H19ClN2O6/c24-17-9-16(22(29)25-18-7-4-8-20(12-18)31-14-21(27)28)10-19(11-17)26-23(30)32-13-15-5-2-1-3-6-15/h1-12H,13-14H2,(H,25,29)(H,26,30)(H,27,28). The minimum atomic E-state index is -1.11. The number of aliphatic carboxylic acids is 1. The van der Waals surface area contributed by atoms with Gasteiger partial charge in [0.25, 0.3) is 5.91 Å². The maximum atomic E-state index is 12.6. The van der Waals surface area contributed by atoms with Crippen LogP contribution in [0.15, 0.2) is 72.8 Å². The van der Waals surface area contributed by atoms with Crippen LogP contribution in [0.4, 0.5) is 16.2 Å². The molecule has 3 aromatic rings. The van der Waals surface area contributed by atoms with E-state index < -0.39 is 24.6 Å². The van der Waals surface area contributed by atoms with Crippen LogP contribution in [-0.2, 0) is 16.1 Å². The summed E-state index contributed by atoms with van der Waals surface area (Å²) in [6, 6.07) is 19.9. The fraction of sp³-hybridized carbons (Fsp3) is 0.0870. The molecule has 0 saturated carbocycles. The van der Waals surface area contributed by atoms with E-state index in [4.69, 9.17) is 26.2 Å². The van der Waals surface area contributed by atoms with Crippen LogP contribution in [0.3, 0.4) is 0 Å². The molecule has 0 aromatic heterocycles. The predicted octanol–water partition coefficient (Wildman–Crippen LogP) is 4.80. The Morgan fingerprint density at radius 1 is 0.875 bits per heavy atom. The van der Waals surface area contributed by atoms with Gasteiger partial charge in [-0.1, -0.05) is 48.0 Å². The molecule has 32 heavy (non-hydrogen) atoms. The van der Waals surface area contributed by atoms with Crippen molar-refractivity contribution in [3.8, 4) is 5.75 Å². The number of rotatable bonds is 8. The first-order chi connectivity index (χ1) is 15.4. The van der Waals surface area contributed by atoms with Gasteiger partial charge in [-0.2, -0.15) is 0 Å². The van der Waals surface area contributed by atoms with Crippen LogP contribution in [0.2, 0.25) is 5.02 Å². The van der Waals surface area contributed by atoms with E-state index in [2.05, 4.69) is 10.6 Å². The van der Waals surface area contributed by atoms with E-state index >= 15 is 0 Å². The normalized spacial score (nSPS) is 10.2. The highest BCUT2D eigenvalue weighted by Crippen LogP contribution is 2.22. The van der Waals surface area contributed by atoms with Gasteiger partial charge in [-0.15, -0.1) is 0 Å². The minimum Gasteiger partial charge on any atom is -0.482 e. The number of anilines is 2. The van der Waals surface area contributed by atoms with Crippen LogP contribution in [0.1, 0.15) is 15.9 Å². The van der Waals surface area contributed by atoms with E-state index in [1.54, 1.807) is 18.2 Å². The highest BCUT2D eigenvalue weighted by atomic mass is 35.5. The Labute approximate surface area is 188 Å². The summed E-state index contributed by atoms with van der Waals surface area (Å²) in [5, 5.41) is 14.2. The predicted molar refractivity (Wildman–Crippen MR) is 119 cm³/mol. The van der Waals surface area contributed by atoms with Gasteiger partial charge in [-0.05, 0) is 35.9 Å². The van der Waals surface area contributed by atoms with Crippen molar-refractivity contribution in [1.82, 2.24) is 0 Å². The highest BCUT2D eigenvalue weighted by Gasteiger charge is 2.12. The number of hydrogen-bond acceptors (Lipinski definition) is 5. The van der Waals surface area contributed by atoms with E-state index in [9.17, 15) is 14.4 Å². The van der Waals surface area contributed by atoms with Crippen LogP contribution in [-0.4, -0.2) is 29.7 Å². The largest absolute Gasteiger partial charge is 0.482 e. The van der Waals surface area contributed by atoms with Gasteiger partial charge in [0.1, 0.15) is 12.4 Å². The first kappa shape index (κ1) is 22.6. The van der Waals surface area contributed by atoms with E-state index in [0.29, 0.717) is 17.1 Å². The van der Waals surface area contributed by atoms with Crippen LogP contribution in [0, 0.1) is 0 Å². The first-order valence-electron chi connectivity index (χ1n) is 9.43. The van der Waals surface area contributed by atoms with Gasteiger partial charge < -0.3 is 19.9 Å². The van der Waals surface area contributed by atoms with Crippen molar-refractivity contribution >= 4 is 40.9 Å².